The molecule has 0 aliphatic rings. The van der Waals surface area contributed by atoms with Gasteiger partial charge in [-0.2, -0.15) is 0 Å². The van der Waals surface area contributed by atoms with Crippen LogP contribution >= 0.6 is 22.6 Å². The van der Waals surface area contributed by atoms with Crippen LogP contribution < -0.4 is 0 Å². The van der Waals surface area contributed by atoms with Crippen LogP contribution in [-0.2, 0) is 0 Å². The molecule has 0 amide bonds. The van der Waals surface area contributed by atoms with Crippen molar-refractivity contribution in [3.05, 3.63) is 69.3 Å². The molecule has 0 aliphatic carbocycles. The molecule has 16 heavy (non-hydrogen) atoms. The van der Waals surface area contributed by atoms with Crippen LogP contribution in [0.5, 0.6) is 0 Å². The zero-order valence-corrected chi connectivity index (χ0v) is 11.3. The summed E-state index contributed by atoms with van der Waals surface area (Å²) >= 11 is 2.38. The summed E-state index contributed by atoms with van der Waals surface area (Å²) in [7, 11) is 0. The first-order valence-corrected chi connectivity index (χ1v) is 6.33. The van der Waals surface area contributed by atoms with Gasteiger partial charge in [0.2, 0.25) is 0 Å². The molecule has 0 fully saturated rings. The van der Waals surface area contributed by atoms with Gasteiger partial charge < -0.3 is 0 Å². The van der Waals surface area contributed by atoms with E-state index in [2.05, 4.69) is 84.1 Å². The minimum absolute atomic E-state index is 1.25. The maximum atomic E-state index is 2.38. The van der Waals surface area contributed by atoms with E-state index in [9.17, 15) is 0 Å². The molecule has 0 bridgehead atoms. The monoisotopic (exact) mass is 320 g/mol. The van der Waals surface area contributed by atoms with Gasteiger partial charge in [0.25, 0.3) is 0 Å². The summed E-state index contributed by atoms with van der Waals surface area (Å²) < 4.78 is 1.30. The Morgan fingerprint density at radius 2 is 1.56 bits per heavy atom. The highest BCUT2D eigenvalue weighted by Gasteiger charge is 1.99. The Bertz CT molecular complexity index is 498. The first-order valence-electron chi connectivity index (χ1n) is 5.25. The van der Waals surface area contributed by atoms with E-state index in [0.29, 0.717) is 0 Å². The lowest BCUT2D eigenvalue weighted by Crippen LogP contribution is -1.84. The van der Waals surface area contributed by atoms with Crippen LogP contribution in [0.3, 0.4) is 0 Å². The SMILES string of the molecule is C/C(=C\c1ccccc1)c1ccccc1I. The maximum Gasteiger partial charge on any atom is 0.0205 e. The molecular formula is C15H13I. The second-order valence-electron chi connectivity index (χ2n) is 3.72. The van der Waals surface area contributed by atoms with Gasteiger partial charge in [-0.15, -0.1) is 0 Å². The fraction of sp³-hybridized carbons (Fsp3) is 0.0667. The van der Waals surface area contributed by atoms with Crippen LogP contribution in [0.4, 0.5) is 0 Å². The zero-order chi connectivity index (χ0) is 11.4. The van der Waals surface area contributed by atoms with Crippen molar-refractivity contribution < 1.29 is 0 Å². The van der Waals surface area contributed by atoms with Gasteiger partial charge in [-0.3, -0.25) is 0 Å². The Labute approximate surface area is 110 Å². The van der Waals surface area contributed by atoms with Crippen molar-refractivity contribution in [3.63, 3.8) is 0 Å². The minimum atomic E-state index is 1.25. The molecule has 0 nitrogen and oxygen atoms in total. The number of allylic oxidation sites excluding steroid dienone is 1. The fourth-order valence-corrected chi connectivity index (χ4v) is 2.47. The Hall–Kier alpha value is -1.09. The van der Waals surface area contributed by atoms with Crippen LogP contribution in [0.1, 0.15) is 18.1 Å². The smallest absolute Gasteiger partial charge is 0.0205 e. The van der Waals surface area contributed by atoms with E-state index in [4.69, 9.17) is 0 Å². The van der Waals surface area contributed by atoms with E-state index < -0.39 is 0 Å². The van der Waals surface area contributed by atoms with Crippen molar-refractivity contribution in [1.29, 1.82) is 0 Å². The van der Waals surface area contributed by atoms with Crippen molar-refractivity contribution in [2.75, 3.05) is 0 Å². The summed E-state index contributed by atoms with van der Waals surface area (Å²) in [6.07, 6.45) is 2.22. The lowest BCUT2D eigenvalue weighted by molar-refractivity contribution is 1.53. The van der Waals surface area contributed by atoms with E-state index in [-0.39, 0.29) is 0 Å². The first-order chi connectivity index (χ1) is 7.77. The van der Waals surface area contributed by atoms with Crippen LogP contribution in [0.25, 0.3) is 11.6 Å². The maximum absolute atomic E-state index is 2.38. The van der Waals surface area contributed by atoms with Gasteiger partial charge in [0.05, 0.1) is 0 Å². The third-order valence-electron chi connectivity index (χ3n) is 2.48. The molecule has 2 aromatic carbocycles. The molecule has 0 atom stereocenters. The summed E-state index contributed by atoms with van der Waals surface area (Å²) in [6, 6.07) is 18.9. The summed E-state index contributed by atoms with van der Waals surface area (Å²) in [5.74, 6) is 0. The molecule has 0 N–H and O–H groups in total. The summed E-state index contributed by atoms with van der Waals surface area (Å²) in [5, 5.41) is 0. The van der Waals surface area contributed by atoms with Crippen molar-refractivity contribution in [3.8, 4) is 0 Å². The molecule has 0 radical (unpaired) electrons. The molecule has 0 spiro atoms. The molecule has 0 saturated carbocycles. The summed E-state index contributed by atoms with van der Waals surface area (Å²) in [4.78, 5) is 0. The lowest BCUT2D eigenvalue weighted by Gasteiger charge is -2.04. The van der Waals surface area contributed by atoms with E-state index in [0.717, 1.165) is 0 Å². The topological polar surface area (TPSA) is 0 Å². The van der Waals surface area contributed by atoms with Gasteiger partial charge in [0.15, 0.2) is 0 Å². The summed E-state index contributed by atoms with van der Waals surface area (Å²) in [6.45, 7) is 2.16. The second-order valence-corrected chi connectivity index (χ2v) is 4.88. The van der Waals surface area contributed by atoms with E-state index in [1.165, 1.54) is 20.3 Å². The van der Waals surface area contributed by atoms with Gasteiger partial charge in [-0.05, 0) is 52.3 Å². The highest BCUT2D eigenvalue weighted by Crippen LogP contribution is 2.22. The quantitative estimate of drug-likeness (QED) is 0.548. The molecule has 0 aromatic heterocycles. The van der Waals surface area contributed by atoms with Crippen LogP contribution in [0.15, 0.2) is 54.6 Å². The normalized spacial score (nSPS) is 11.5. The van der Waals surface area contributed by atoms with Gasteiger partial charge in [-0.25, -0.2) is 0 Å². The highest BCUT2D eigenvalue weighted by molar-refractivity contribution is 14.1. The zero-order valence-electron chi connectivity index (χ0n) is 9.15. The lowest BCUT2D eigenvalue weighted by atomic mass is 10.0. The van der Waals surface area contributed by atoms with Crippen molar-refractivity contribution >= 4 is 34.2 Å². The van der Waals surface area contributed by atoms with Gasteiger partial charge in [-0.1, -0.05) is 54.6 Å². The predicted molar refractivity (Wildman–Crippen MR) is 79.1 cm³/mol. The van der Waals surface area contributed by atoms with Gasteiger partial charge >= 0.3 is 0 Å². The Balaban J connectivity index is 2.36. The van der Waals surface area contributed by atoms with Crippen molar-refractivity contribution in [2.45, 2.75) is 6.92 Å². The van der Waals surface area contributed by atoms with Gasteiger partial charge in [0.1, 0.15) is 0 Å². The molecule has 0 saturated heterocycles. The van der Waals surface area contributed by atoms with Crippen molar-refractivity contribution in [2.24, 2.45) is 0 Å². The number of halogens is 1. The highest BCUT2D eigenvalue weighted by atomic mass is 127. The molecule has 1 heteroatoms. The van der Waals surface area contributed by atoms with E-state index in [1.54, 1.807) is 0 Å². The summed E-state index contributed by atoms with van der Waals surface area (Å²) in [5.41, 5.74) is 3.86. The molecule has 0 heterocycles. The van der Waals surface area contributed by atoms with Gasteiger partial charge in [0, 0.05) is 3.57 Å². The van der Waals surface area contributed by atoms with Crippen LogP contribution in [0, 0.1) is 3.57 Å². The molecule has 2 aromatic rings. The Morgan fingerprint density at radius 3 is 2.25 bits per heavy atom. The number of rotatable bonds is 2. The second kappa shape index (κ2) is 5.30. The fourth-order valence-electron chi connectivity index (χ4n) is 1.66. The average Bonchev–Trinajstić information content (AvgIpc) is 2.31. The average molecular weight is 320 g/mol. The number of hydrogen-bond donors (Lipinski definition) is 0. The van der Waals surface area contributed by atoms with E-state index in [1.807, 2.05) is 6.07 Å². The molecule has 0 aliphatic heterocycles. The van der Waals surface area contributed by atoms with E-state index >= 15 is 0 Å². The molecule has 0 unspecified atom stereocenters. The molecular weight excluding hydrogens is 307 g/mol. The number of hydrogen-bond acceptors (Lipinski definition) is 0. The third-order valence-corrected chi connectivity index (χ3v) is 3.42. The molecule has 2 rings (SSSR count). The Morgan fingerprint density at radius 1 is 0.938 bits per heavy atom. The minimum Gasteiger partial charge on any atom is -0.0622 e. The van der Waals surface area contributed by atoms with Crippen LogP contribution in [-0.4, -0.2) is 0 Å². The number of benzene rings is 2. The van der Waals surface area contributed by atoms with Crippen LogP contribution in [0.2, 0.25) is 0 Å². The third kappa shape index (κ3) is 2.73. The predicted octanol–water partition coefficient (Wildman–Crippen LogP) is 4.85. The Kier molecular flexibility index (Phi) is 3.78. The largest absolute Gasteiger partial charge is 0.0622 e. The van der Waals surface area contributed by atoms with Crippen molar-refractivity contribution in [1.82, 2.24) is 0 Å². The molecule has 80 valence electrons. The standard InChI is InChI=1S/C15H13I/c1-12(11-13-7-3-2-4-8-13)14-9-5-6-10-15(14)16/h2-11H,1H3/b12-11+. The first kappa shape index (κ1) is 11.4.